The maximum atomic E-state index is 4.19. The lowest BCUT2D eigenvalue weighted by Gasteiger charge is -2.33. The quantitative estimate of drug-likeness (QED) is 0.869. The first-order chi connectivity index (χ1) is 8.16. The van der Waals surface area contributed by atoms with Crippen molar-refractivity contribution in [3.05, 3.63) is 24.0 Å². The summed E-state index contributed by atoms with van der Waals surface area (Å²) < 4.78 is 0. The van der Waals surface area contributed by atoms with Crippen LogP contribution in [0, 0.1) is 12.8 Å². The van der Waals surface area contributed by atoms with E-state index in [1.54, 1.807) is 0 Å². The van der Waals surface area contributed by atoms with Gasteiger partial charge in [-0.2, -0.15) is 0 Å². The summed E-state index contributed by atoms with van der Waals surface area (Å²) in [4.78, 5) is 6.60. The molecule has 0 spiro atoms. The molecule has 1 aromatic rings. The first-order valence-corrected chi connectivity index (χ1v) is 6.52. The summed E-state index contributed by atoms with van der Waals surface area (Å²) in [5, 5.41) is 3.61. The number of piperidine rings is 1. The largest absolute Gasteiger partial charge is 0.381 e. The van der Waals surface area contributed by atoms with E-state index in [0.29, 0.717) is 6.04 Å². The summed E-state index contributed by atoms with van der Waals surface area (Å²) in [6, 6.07) is 2.59. The Morgan fingerprint density at radius 3 is 2.76 bits per heavy atom. The van der Waals surface area contributed by atoms with Gasteiger partial charge in [0.15, 0.2) is 0 Å². The molecule has 1 fully saturated rings. The van der Waals surface area contributed by atoms with Crippen LogP contribution < -0.4 is 5.32 Å². The van der Waals surface area contributed by atoms with Crippen LogP contribution in [-0.4, -0.2) is 36.1 Å². The minimum absolute atomic E-state index is 0.534. The molecule has 0 radical (unpaired) electrons. The molecule has 1 saturated heterocycles. The van der Waals surface area contributed by atoms with Gasteiger partial charge in [0.25, 0.3) is 0 Å². The summed E-state index contributed by atoms with van der Waals surface area (Å²) in [5.74, 6) is 0.783. The molecule has 0 aliphatic carbocycles. The summed E-state index contributed by atoms with van der Waals surface area (Å²) in [6.45, 7) is 6.87. The Bertz CT molecular complexity index is 356. The number of anilines is 1. The van der Waals surface area contributed by atoms with Crippen molar-refractivity contribution in [2.45, 2.75) is 32.7 Å². The van der Waals surface area contributed by atoms with Gasteiger partial charge in [0.05, 0.1) is 11.9 Å². The van der Waals surface area contributed by atoms with Crippen LogP contribution in [0.25, 0.3) is 0 Å². The van der Waals surface area contributed by atoms with Crippen LogP contribution in [0.5, 0.6) is 0 Å². The third-order valence-corrected chi connectivity index (χ3v) is 3.89. The third-order valence-electron chi connectivity index (χ3n) is 3.89. The van der Waals surface area contributed by atoms with Gasteiger partial charge in [-0.1, -0.05) is 0 Å². The maximum Gasteiger partial charge on any atom is 0.0558 e. The van der Waals surface area contributed by atoms with E-state index in [4.69, 9.17) is 0 Å². The van der Waals surface area contributed by atoms with Crippen LogP contribution in [0.2, 0.25) is 0 Å². The molecular weight excluding hydrogens is 210 g/mol. The van der Waals surface area contributed by atoms with E-state index in [1.165, 1.54) is 37.2 Å². The average Bonchev–Trinajstić information content (AvgIpc) is 2.33. The van der Waals surface area contributed by atoms with E-state index in [0.717, 1.165) is 5.92 Å². The molecule has 1 N–H and O–H groups in total. The van der Waals surface area contributed by atoms with E-state index in [9.17, 15) is 0 Å². The standard InChI is InChI=1S/C14H23N3/c1-11-4-7-15-10-14(11)16-12(2)13-5-8-17(3)9-6-13/h4,7,10,12-13,16H,5-6,8-9H2,1-3H3. The summed E-state index contributed by atoms with van der Waals surface area (Å²) in [7, 11) is 2.21. The first kappa shape index (κ1) is 12.4. The van der Waals surface area contributed by atoms with Crippen molar-refractivity contribution in [3.63, 3.8) is 0 Å². The Balaban J connectivity index is 1.93. The van der Waals surface area contributed by atoms with Crippen molar-refractivity contribution in [2.24, 2.45) is 5.92 Å². The molecular formula is C14H23N3. The molecule has 1 aliphatic rings. The van der Waals surface area contributed by atoms with E-state index < -0.39 is 0 Å². The number of nitrogens with one attached hydrogen (secondary N) is 1. The van der Waals surface area contributed by atoms with Crippen LogP contribution >= 0.6 is 0 Å². The maximum absolute atomic E-state index is 4.19. The van der Waals surface area contributed by atoms with Crippen molar-refractivity contribution in [1.82, 2.24) is 9.88 Å². The van der Waals surface area contributed by atoms with E-state index in [1.807, 2.05) is 12.4 Å². The van der Waals surface area contributed by atoms with Crippen molar-refractivity contribution < 1.29 is 0 Å². The molecule has 0 aromatic carbocycles. The second kappa shape index (κ2) is 5.50. The first-order valence-electron chi connectivity index (χ1n) is 6.52. The van der Waals surface area contributed by atoms with Gasteiger partial charge in [-0.25, -0.2) is 0 Å². The van der Waals surface area contributed by atoms with E-state index in [2.05, 4.69) is 42.2 Å². The van der Waals surface area contributed by atoms with Crippen LogP contribution in [0.3, 0.4) is 0 Å². The zero-order valence-electron chi connectivity index (χ0n) is 11.1. The smallest absolute Gasteiger partial charge is 0.0558 e. The fraction of sp³-hybridized carbons (Fsp3) is 0.643. The normalized spacial score (nSPS) is 20.2. The van der Waals surface area contributed by atoms with Gasteiger partial charge in [0.2, 0.25) is 0 Å². The fourth-order valence-electron chi connectivity index (χ4n) is 2.51. The highest BCUT2D eigenvalue weighted by atomic mass is 15.1. The Hall–Kier alpha value is -1.09. The molecule has 3 nitrogen and oxygen atoms in total. The summed E-state index contributed by atoms with van der Waals surface area (Å²) >= 11 is 0. The molecule has 0 bridgehead atoms. The fourth-order valence-corrected chi connectivity index (χ4v) is 2.51. The predicted octanol–water partition coefficient (Wildman–Crippen LogP) is 2.53. The van der Waals surface area contributed by atoms with Gasteiger partial charge < -0.3 is 10.2 Å². The number of pyridine rings is 1. The van der Waals surface area contributed by atoms with Crippen molar-refractivity contribution >= 4 is 5.69 Å². The third kappa shape index (κ3) is 3.19. The molecule has 0 saturated carbocycles. The van der Waals surface area contributed by atoms with E-state index in [-0.39, 0.29) is 0 Å². The number of hydrogen-bond acceptors (Lipinski definition) is 3. The topological polar surface area (TPSA) is 28.2 Å². The highest BCUT2D eigenvalue weighted by Gasteiger charge is 2.22. The highest BCUT2D eigenvalue weighted by molar-refractivity contribution is 5.48. The zero-order valence-corrected chi connectivity index (χ0v) is 11.1. The van der Waals surface area contributed by atoms with Gasteiger partial charge >= 0.3 is 0 Å². The van der Waals surface area contributed by atoms with E-state index >= 15 is 0 Å². The van der Waals surface area contributed by atoms with Crippen molar-refractivity contribution in [3.8, 4) is 0 Å². The molecule has 1 unspecified atom stereocenters. The molecule has 3 heteroatoms. The second-order valence-corrected chi connectivity index (χ2v) is 5.26. The lowest BCUT2D eigenvalue weighted by Crippen LogP contribution is -2.37. The SMILES string of the molecule is Cc1ccncc1NC(C)C1CCN(C)CC1. The van der Waals surface area contributed by atoms with Gasteiger partial charge in [-0.3, -0.25) is 4.98 Å². The number of nitrogens with zero attached hydrogens (tertiary/aromatic N) is 2. The molecule has 1 atom stereocenters. The van der Waals surface area contributed by atoms with Crippen LogP contribution in [0.1, 0.15) is 25.3 Å². The molecule has 0 amide bonds. The van der Waals surface area contributed by atoms with Gasteiger partial charge in [-0.05, 0) is 64.4 Å². The monoisotopic (exact) mass is 233 g/mol. The Morgan fingerprint density at radius 1 is 1.41 bits per heavy atom. The number of hydrogen-bond donors (Lipinski definition) is 1. The highest BCUT2D eigenvalue weighted by Crippen LogP contribution is 2.23. The summed E-state index contributed by atoms with van der Waals surface area (Å²) in [5.41, 5.74) is 2.46. The van der Waals surface area contributed by atoms with Gasteiger partial charge in [0, 0.05) is 12.2 Å². The average molecular weight is 233 g/mol. The Morgan fingerprint density at radius 2 is 2.12 bits per heavy atom. The van der Waals surface area contributed by atoms with Crippen molar-refractivity contribution in [1.29, 1.82) is 0 Å². The number of likely N-dealkylation sites (tertiary alicyclic amines) is 1. The molecule has 2 heterocycles. The second-order valence-electron chi connectivity index (χ2n) is 5.26. The van der Waals surface area contributed by atoms with Crippen LogP contribution in [0.15, 0.2) is 18.5 Å². The van der Waals surface area contributed by atoms with Crippen LogP contribution in [-0.2, 0) is 0 Å². The predicted molar refractivity (Wildman–Crippen MR) is 72.3 cm³/mol. The molecule has 17 heavy (non-hydrogen) atoms. The van der Waals surface area contributed by atoms with Crippen molar-refractivity contribution in [2.75, 3.05) is 25.5 Å². The Labute approximate surface area is 104 Å². The van der Waals surface area contributed by atoms with Crippen LogP contribution in [0.4, 0.5) is 5.69 Å². The van der Waals surface area contributed by atoms with Gasteiger partial charge in [0.1, 0.15) is 0 Å². The molecule has 2 rings (SSSR count). The minimum atomic E-state index is 0.534. The number of aryl methyl sites for hydroxylation is 1. The lowest BCUT2D eigenvalue weighted by molar-refractivity contribution is 0.208. The molecule has 94 valence electrons. The zero-order chi connectivity index (χ0) is 12.3. The van der Waals surface area contributed by atoms with Gasteiger partial charge in [-0.15, -0.1) is 0 Å². The lowest BCUT2D eigenvalue weighted by atomic mass is 9.90. The molecule has 1 aromatic heterocycles. The minimum Gasteiger partial charge on any atom is -0.381 e. The summed E-state index contributed by atoms with van der Waals surface area (Å²) in [6.07, 6.45) is 6.37. The number of rotatable bonds is 3. The number of aromatic nitrogens is 1. The Kier molecular flexibility index (Phi) is 4.00. The molecule has 1 aliphatic heterocycles.